The Morgan fingerprint density at radius 2 is 2.04 bits per heavy atom. The Labute approximate surface area is 142 Å². The van der Waals surface area contributed by atoms with Crippen LogP contribution in [0.4, 0.5) is 0 Å². The van der Waals surface area contributed by atoms with Crippen LogP contribution < -0.4 is 5.56 Å². The van der Waals surface area contributed by atoms with Crippen LogP contribution in [0.1, 0.15) is 11.3 Å². The molecule has 2 aromatic heterocycles. The molecule has 5 nitrogen and oxygen atoms in total. The van der Waals surface area contributed by atoms with E-state index in [0.29, 0.717) is 11.0 Å². The predicted molar refractivity (Wildman–Crippen MR) is 94.7 cm³/mol. The normalized spacial score (nSPS) is 11.2. The van der Waals surface area contributed by atoms with E-state index < -0.39 is 0 Å². The first-order valence-corrected chi connectivity index (χ1v) is 8.54. The second kappa shape index (κ2) is 6.05. The van der Waals surface area contributed by atoms with Gasteiger partial charge in [0.2, 0.25) is 0 Å². The molecule has 0 spiro atoms. The number of nitrogens with zero attached hydrogens (tertiary/aromatic N) is 2. The van der Waals surface area contributed by atoms with E-state index in [0.717, 1.165) is 28.0 Å². The van der Waals surface area contributed by atoms with Crippen LogP contribution in [0.5, 0.6) is 0 Å². The van der Waals surface area contributed by atoms with E-state index in [1.165, 1.54) is 11.8 Å². The standard InChI is InChI=1S/C18H15N3O2S/c1-12-5-4-6-14(9-12)21-17(22)10-13(20-21)11-24-18-19-15-7-2-3-8-16(15)23-18/h2-10,20H,11H2,1H3. The SMILES string of the molecule is Cc1cccc(-n2[nH]c(CSc3nc4ccccc4o3)cc2=O)c1. The maximum Gasteiger partial charge on any atom is 0.271 e. The predicted octanol–water partition coefficient (Wildman–Crippen LogP) is 3.91. The molecule has 6 heteroatoms. The van der Waals surface area contributed by atoms with Gasteiger partial charge in [0.25, 0.3) is 10.8 Å². The van der Waals surface area contributed by atoms with E-state index in [1.807, 2.05) is 55.5 Å². The maximum absolute atomic E-state index is 12.2. The fourth-order valence-electron chi connectivity index (χ4n) is 2.53. The molecule has 0 unspecified atom stereocenters. The molecule has 0 atom stereocenters. The number of rotatable bonds is 4. The van der Waals surface area contributed by atoms with Gasteiger partial charge in [-0.15, -0.1) is 0 Å². The van der Waals surface area contributed by atoms with E-state index in [-0.39, 0.29) is 5.56 Å². The van der Waals surface area contributed by atoms with E-state index in [9.17, 15) is 4.79 Å². The van der Waals surface area contributed by atoms with Gasteiger partial charge in [-0.1, -0.05) is 36.0 Å². The van der Waals surface area contributed by atoms with Gasteiger partial charge in [0.1, 0.15) is 5.52 Å². The van der Waals surface area contributed by atoms with Crippen molar-refractivity contribution in [3.8, 4) is 5.69 Å². The minimum atomic E-state index is -0.0752. The monoisotopic (exact) mass is 337 g/mol. The second-order valence-electron chi connectivity index (χ2n) is 5.53. The van der Waals surface area contributed by atoms with Crippen molar-refractivity contribution < 1.29 is 4.42 Å². The Morgan fingerprint density at radius 3 is 2.88 bits per heavy atom. The van der Waals surface area contributed by atoms with Crippen molar-refractivity contribution >= 4 is 22.9 Å². The molecule has 0 aliphatic rings. The summed E-state index contributed by atoms with van der Waals surface area (Å²) >= 11 is 1.46. The Hall–Kier alpha value is -2.73. The van der Waals surface area contributed by atoms with Gasteiger partial charge >= 0.3 is 0 Å². The van der Waals surface area contributed by atoms with Crippen molar-refractivity contribution in [2.24, 2.45) is 0 Å². The van der Waals surface area contributed by atoms with Gasteiger partial charge in [-0.2, -0.15) is 0 Å². The lowest BCUT2D eigenvalue weighted by Crippen LogP contribution is -2.13. The molecular formula is C18H15N3O2S. The van der Waals surface area contributed by atoms with Gasteiger partial charge < -0.3 is 4.42 Å². The summed E-state index contributed by atoms with van der Waals surface area (Å²) in [5.41, 5.74) is 4.30. The molecule has 2 heterocycles. The zero-order valence-electron chi connectivity index (χ0n) is 13.0. The zero-order valence-corrected chi connectivity index (χ0v) is 13.8. The average molecular weight is 337 g/mol. The number of aromatic amines is 1. The number of hydrogen-bond donors (Lipinski definition) is 1. The fourth-order valence-corrected chi connectivity index (χ4v) is 3.27. The molecule has 120 valence electrons. The number of benzene rings is 2. The highest BCUT2D eigenvalue weighted by atomic mass is 32.2. The van der Waals surface area contributed by atoms with Crippen molar-refractivity contribution in [1.82, 2.24) is 14.8 Å². The number of H-pyrrole nitrogens is 1. The molecule has 4 rings (SSSR count). The summed E-state index contributed by atoms with van der Waals surface area (Å²) in [5, 5.41) is 3.74. The van der Waals surface area contributed by atoms with E-state index >= 15 is 0 Å². The van der Waals surface area contributed by atoms with E-state index in [2.05, 4.69) is 10.1 Å². The lowest BCUT2D eigenvalue weighted by Gasteiger charge is -2.02. The first kappa shape index (κ1) is 14.8. The van der Waals surface area contributed by atoms with Gasteiger partial charge in [-0.3, -0.25) is 9.89 Å². The number of nitrogens with one attached hydrogen (secondary N) is 1. The summed E-state index contributed by atoms with van der Waals surface area (Å²) in [6, 6.07) is 17.1. The quantitative estimate of drug-likeness (QED) is 0.574. The van der Waals surface area contributed by atoms with Crippen LogP contribution in [0.3, 0.4) is 0 Å². The third-order valence-corrected chi connectivity index (χ3v) is 4.54. The molecule has 0 bridgehead atoms. The summed E-state index contributed by atoms with van der Waals surface area (Å²) in [7, 11) is 0. The Kier molecular flexibility index (Phi) is 3.74. The topological polar surface area (TPSA) is 63.8 Å². The van der Waals surface area contributed by atoms with Gasteiger partial charge in [0.15, 0.2) is 5.58 Å². The third kappa shape index (κ3) is 2.88. The minimum Gasteiger partial charge on any atom is -0.431 e. The average Bonchev–Trinajstić information content (AvgIpc) is 3.15. The number of aryl methyl sites for hydroxylation is 1. The summed E-state index contributed by atoms with van der Waals surface area (Å²) in [5.74, 6) is 0.584. The van der Waals surface area contributed by atoms with Crippen LogP contribution in [-0.2, 0) is 5.75 Å². The highest BCUT2D eigenvalue weighted by Gasteiger charge is 2.09. The smallest absolute Gasteiger partial charge is 0.271 e. The highest BCUT2D eigenvalue weighted by Crippen LogP contribution is 2.25. The molecule has 24 heavy (non-hydrogen) atoms. The Morgan fingerprint density at radius 1 is 1.17 bits per heavy atom. The first-order valence-electron chi connectivity index (χ1n) is 7.55. The lowest BCUT2D eigenvalue weighted by atomic mass is 10.2. The van der Waals surface area contributed by atoms with Gasteiger partial charge in [0, 0.05) is 17.5 Å². The third-order valence-electron chi connectivity index (χ3n) is 3.66. The van der Waals surface area contributed by atoms with Crippen LogP contribution in [0.2, 0.25) is 0 Å². The van der Waals surface area contributed by atoms with Gasteiger partial charge in [-0.05, 0) is 36.8 Å². The van der Waals surface area contributed by atoms with Crippen LogP contribution in [0.25, 0.3) is 16.8 Å². The van der Waals surface area contributed by atoms with Crippen molar-refractivity contribution in [3.63, 3.8) is 0 Å². The molecule has 0 amide bonds. The molecule has 0 saturated heterocycles. The number of oxazole rings is 1. The van der Waals surface area contributed by atoms with E-state index in [1.54, 1.807) is 10.7 Å². The van der Waals surface area contributed by atoms with Crippen molar-refractivity contribution in [2.45, 2.75) is 17.9 Å². The minimum absolute atomic E-state index is 0.0752. The Bertz CT molecular complexity index is 1030. The molecule has 0 radical (unpaired) electrons. The van der Waals surface area contributed by atoms with Crippen LogP contribution in [-0.4, -0.2) is 14.8 Å². The largest absolute Gasteiger partial charge is 0.431 e. The molecule has 1 N–H and O–H groups in total. The lowest BCUT2D eigenvalue weighted by molar-refractivity contribution is 0.489. The fraction of sp³-hybridized carbons (Fsp3) is 0.111. The van der Waals surface area contributed by atoms with Gasteiger partial charge in [0.05, 0.1) is 5.69 Å². The Balaban J connectivity index is 1.55. The molecule has 0 aliphatic heterocycles. The highest BCUT2D eigenvalue weighted by molar-refractivity contribution is 7.98. The molecule has 2 aromatic carbocycles. The number of hydrogen-bond acceptors (Lipinski definition) is 4. The summed E-state index contributed by atoms with van der Waals surface area (Å²) in [6.45, 7) is 2.00. The summed E-state index contributed by atoms with van der Waals surface area (Å²) < 4.78 is 7.23. The number of para-hydroxylation sites is 2. The second-order valence-corrected chi connectivity index (χ2v) is 6.46. The molecule has 4 aromatic rings. The zero-order chi connectivity index (χ0) is 16.5. The van der Waals surface area contributed by atoms with Crippen molar-refractivity contribution in [1.29, 1.82) is 0 Å². The van der Waals surface area contributed by atoms with Crippen LogP contribution in [0.15, 0.2) is 69.0 Å². The molecule has 0 aliphatic carbocycles. The van der Waals surface area contributed by atoms with Crippen LogP contribution >= 0.6 is 11.8 Å². The van der Waals surface area contributed by atoms with Crippen LogP contribution in [0, 0.1) is 6.92 Å². The maximum atomic E-state index is 12.2. The number of aromatic nitrogens is 3. The van der Waals surface area contributed by atoms with Crippen molar-refractivity contribution in [2.75, 3.05) is 0 Å². The van der Waals surface area contributed by atoms with Gasteiger partial charge in [-0.25, -0.2) is 9.67 Å². The van der Waals surface area contributed by atoms with E-state index in [4.69, 9.17) is 4.42 Å². The summed E-state index contributed by atoms with van der Waals surface area (Å²) in [4.78, 5) is 16.6. The number of thioether (sulfide) groups is 1. The first-order chi connectivity index (χ1) is 11.7. The summed E-state index contributed by atoms with van der Waals surface area (Å²) in [6.07, 6.45) is 0. The molecular weight excluding hydrogens is 322 g/mol. The molecule has 0 saturated carbocycles. The molecule has 0 fully saturated rings. The van der Waals surface area contributed by atoms with Crippen molar-refractivity contribution in [3.05, 3.63) is 76.2 Å². The number of fused-ring (bicyclic) bond motifs is 1.